The van der Waals surface area contributed by atoms with E-state index in [1.807, 2.05) is 52.0 Å². The molecule has 0 atom stereocenters. The first-order valence-corrected chi connectivity index (χ1v) is 7.44. The van der Waals surface area contributed by atoms with E-state index in [1.165, 1.54) is 13.2 Å². The Bertz CT molecular complexity index is 545. The molecule has 5 heteroatoms. The Morgan fingerprint density at radius 1 is 1.14 bits per heavy atom. The van der Waals surface area contributed by atoms with E-state index in [-0.39, 0.29) is 24.3 Å². The van der Waals surface area contributed by atoms with Gasteiger partial charge >= 0.3 is 13.1 Å². The molecular formula is C17H23BO4. The lowest BCUT2D eigenvalue weighted by molar-refractivity contribution is -0.134. The smallest absolute Gasteiger partial charge is 0.462 e. The van der Waals surface area contributed by atoms with Gasteiger partial charge in [0.2, 0.25) is 0 Å². The number of carbonyl (C=O) groups is 1. The molecule has 0 bridgehead atoms. The zero-order valence-corrected chi connectivity index (χ0v) is 13.9. The summed E-state index contributed by atoms with van der Waals surface area (Å²) in [6.07, 6.45) is 3.83. The SMILES string of the molecule is COC(=O)/C=C/c1ccc(CB2OC(C)(C)C(C)(C)O2)cc1. The first-order chi connectivity index (χ1) is 10.2. The molecule has 4 nitrogen and oxygen atoms in total. The van der Waals surface area contributed by atoms with Crippen molar-refractivity contribution >= 4 is 19.2 Å². The van der Waals surface area contributed by atoms with Gasteiger partial charge in [-0.25, -0.2) is 4.79 Å². The fraction of sp³-hybridized carbons (Fsp3) is 0.471. The minimum Gasteiger partial charge on any atom is -0.466 e. The van der Waals surface area contributed by atoms with Gasteiger partial charge in [-0.3, -0.25) is 0 Å². The predicted molar refractivity (Wildman–Crippen MR) is 87.3 cm³/mol. The number of hydrogen-bond donors (Lipinski definition) is 0. The van der Waals surface area contributed by atoms with Gasteiger partial charge in [-0.1, -0.05) is 24.3 Å². The summed E-state index contributed by atoms with van der Waals surface area (Å²) in [7, 11) is 1.13. The Hall–Kier alpha value is -1.59. The van der Waals surface area contributed by atoms with E-state index >= 15 is 0 Å². The van der Waals surface area contributed by atoms with Crippen molar-refractivity contribution in [3.8, 4) is 0 Å². The van der Waals surface area contributed by atoms with Crippen LogP contribution >= 0.6 is 0 Å². The maximum absolute atomic E-state index is 11.1. The largest absolute Gasteiger partial charge is 0.466 e. The van der Waals surface area contributed by atoms with E-state index in [0.717, 1.165) is 11.1 Å². The van der Waals surface area contributed by atoms with Crippen LogP contribution in [0.15, 0.2) is 30.3 Å². The van der Waals surface area contributed by atoms with E-state index in [1.54, 1.807) is 6.08 Å². The summed E-state index contributed by atoms with van der Waals surface area (Å²) in [5, 5.41) is 0. The average molecular weight is 302 g/mol. The normalized spacial score (nSPS) is 19.6. The maximum atomic E-state index is 11.1. The molecule has 0 N–H and O–H groups in total. The van der Waals surface area contributed by atoms with E-state index in [0.29, 0.717) is 6.32 Å². The second-order valence-electron chi connectivity index (χ2n) is 6.49. The zero-order chi connectivity index (χ0) is 16.4. The third-order valence-electron chi connectivity index (χ3n) is 4.30. The standard InChI is InChI=1S/C17H23BO4/c1-16(2)17(3,4)22-18(21-16)12-14-8-6-13(7-9-14)10-11-15(19)20-5/h6-11H,12H2,1-5H3/b11-10+. The van der Waals surface area contributed by atoms with Crippen LogP contribution in [-0.2, 0) is 25.2 Å². The minimum atomic E-state index is -0.360. The van der Waals surface area contributed by atoms with Gasteiger partial charge in [0.1, 0.15) is 0 Å². The Labute approximate surface area is 132 Å². The average Bonchev–Trinajstić information content (AvgIpc) is 2.65. The van der Waals surface area contributed by atoms with Crippen molar-refractivity contribution in [1.82, 2.24) is 0 Å². The Kier molecular flexibility index (Phi) is 4.78. The topological polar surface area (TPSA) is 44.8 Å². The van der Waals surface area contributed by atoms with Gasteiger partial charge in [-0.05, 0) is 44.9 Å². The molecule has 0 aromatic heterocycles. The monoisotopic (exact) mass is 302 g/mol. The third-order valence-corrected chi connectivity index (χ3v) is 4.30. The van der Waals surface area contributed by atoms with Gasteiger partial charge in [0, 0.05) is 12.4 Å². The molecule has 0 spiro atoms. The highest BCUT2D eigenvalue weighted by atomic mass is 16.7. The molecule has 1 aromatic carbocycles. The van der Waals surface area contributed by atoms with Crippen molar-refractivity contribution in [2.24, 2.45) is 0 Å². The van der Waals surface area contributed by atoms with Gasteiger partial charge in [-0.15, -0.1) is 0 Å². The molecule has 0 aliphatic carbocycles. The van der Waals surface area contributed by atoms with Crippen LogP contribution in [0.1, 0.15) is 38.8 Å². The van der Waals surface area contributed by atoms with Crippen LogP contribution in [0.3, 0.4) is 0 Å². The number of carbonyl (C=O) groups excluding carboxylic acids is 1. The summed E-state index contributed by atoms with van der Waals surface area (Å²) < 4.78 is 16.6. The lowest BCUT2D eigenvalue weighted by Crippen LogP contribution is -2.41. The number of benzene rings is 1. The second-order valence-corrected chi connectivity index (χ2v) is 6.49. The molecule has 0 amide bonds. The van der Waals surface area contributed by atoms with Gasteiger partial charge in [-0.2, -0.15) is 0 Å². The predicted octanol–water partition coefficient (Wildman–Crippen LogP) is 3.05. The highest BCUT2D eigenvalue weighted by molar-refractivity contribution is 6.45. The number of rotatable bonds is 4. The van der Waals surface area contributed by atoms with Crippen molar-refractivity contribution in [1.29, 1.82) is 0 Å². The van der Waals surface area contributed by atoms with Gasteiger partial charge in [0.05, 0.1) is 18.3 Å². The van der Waals surface area contributed by atoms with Crippen LogP contribution in [0.25, 0.3) is 6.08 Å². The molecular weight excluding hydrogens is 279 g/mol. The number of methoxy groups -OCH3 is 1. The van der Waals surface area contributed by atoms with Crippen LogP contribution in [0, 0.1) is 0 Å². The van der Waals surface area contributed by atoms with Crippen LogP contribution in [-0.4, -0.2) is 31.4 Å². The Morgan fingerprint density at radius 3 is 2.18 bits per heavy atom. The Morgan fingerprint density at radius 2 is 1.68 bits per heavy atom. The van der Waals surface area contributed by atoms with Gasteiger partial charge in [0.25, 0.3) is 0 Å². The Balaban J connectivity index is 1.98. The second kappa shape index (κ2) is 6.27. The van der Waals surface area contributed by atoms with Crippen molar-refractivity contribution in [3.63, 3.8) is 0 Å². The maximum Gasteiger partial charge on any atom is 0.462 e. The van der Waals surface area contributed by atoms with Crippen molar-refractivity contribution in [3.05, 3.63) is 41.5 Å². The van der Waals surface area contributed by atoms with Gasteiger partial charge in [0.15, 0.2) is 0 Å². The summed E-state index contributed by atoms with van der Waals surface area (Å²) in [5.41, 5.74) is 1.47. The lowest BCUT2D eigenvalue weighted by Gasteiger charge is -2.32. The molecule has 1 saturated heterocycles. The highest BCUT2D eigenvalue weighted by Gasteiger charge is 2.50. The summed E-state index contributed by atoms with van der Waals surface area (Å²) >= 11 is 0. The molecule has 2 rings (SSSR count). The first-order valence-electron chi connectivity index (χ1n) is 7.44. The zero-order valence-electron chi connectivity index (χ0n) is 13.9. The van der Waals surface area contributed by atoms with Crippen molar-refractivity contribution in [2.75, 3.05) is 7.11 Å². The first kappa shape index (κ1) is 16.8. The molecule has 118 valence electrons. The summed E-state index contributed by atoms with van der Waals surface area (Å²) in [6, 6.07) is 7.95. The quantitative estimate of drug-likeness (QED) is 0.487. The minimum absolute atomic E-state index is 0.235. The molecule has 22 heavy (non-hydrogen) atoms. The summed E-state index contributed by atoms with van der Waals surface area (Å²) in [4.78, 5) is 11.1. The van der Waals surface area contributed by atoms with Crippen LogP contribution in [0.4, 0.5) is 0 Å². The van der Waals surface area contributed by atoms with E-state index in [9.17, 15) is 4.79 Å². The molecule has 0 saturated carbocycles. The van der Waals surface area contributed by atoms with Gasteiger partial charge < -0.3 is 14.0 Å². The van der Waals surface area contributed by atoms with Crippen molar-refractivity contribution < 1.29 is 18.8 Å². The number of hydrogen-bond acceptors (Lipinski definition) is 4. The molecule has 0 unspecified atom stereocenters. The molecule has 1 heterocycles. The molecule has 1 aliphatic heterocycles. The number of esters is 1. The van der Waals surface area contributed by atoms with Crippen molar-refractivity contribution in [2.45, 2.75) is 45.2 Å². The summed E-state index contributed by atoms with van der Waals surface area (Å²) in [5.74, 6) is -0.360. The third kappa shape index (κ3) is 3.78. The highest BCUT2D eigenvalue weighted by Crippen LogP contribution is 2.37. The van der Waals surface area contributed by atoms with E-state index in [4.69, 9.17) is 9.31 Å². The van der Waals surface area contributed by atoms with Crippen LogP contribution < -0.4 is 0 Å². The fourth-order valence-electron chi connectivity index (χ4n) is 2.24. The van der Waals surface area contributed by atoms with Crippen LogP contribution in [0.5, 0.6) is 0 Å². The molecule has 1 aromatic rings. The van der Waals surface area contributed by atoms with Crippen LogP contribution in [0.2, 0.25) is 0 Å². The van der Waals surface area contributed by atoms with E-state index in [2.05, 4.69) is 4.74 Å². The molecule has 0 radical (unpaired) electrons. The fourth-order valence-corrected chi connectivity index (χ4v) is 2.24. The van der Waals surface area contributed by atoms with E-state index < -0.39 is 0 Å². The number of ether oxygens (including phenoxy) is 1. The molecule has 1 fully saturated rings. The summed E-state index contributed by atoms with van der Waals surface area (Å²) in [6.45, 7) is 8.20. The lowest BCUT2D eigenvalue weighted by atomic mass is 9.80. The molecule has 1 aliphatic rings.